The lowest BCUT2D eigenvalue weighted by molar-refractivity contribution is -0.135. The summed E-state index contributed by atoms with van der Waals surface area (Å²) in [5.41, 5.74) is 5.89. The maximum absolute atomic E-state index is 9.00. The Bertz CT molecular complexity index is 300. The molecule has 0 spiro atoms. The molecule has 1 rings (SSSR count). The average molecular weight is 229 g/mol. The highest BCUT2D eigenvalue weighted by atomic mass is 16.4. The molecule has 0 unspecified atom stereocenters. The Labute approximate surface area is 92.9 Å². The molecule has 5 N–H and O–H groups in total. The lowest BCUT2D eigenvalue weighted by atomic mass is 10.3. The summed E-state index contributed by atoms with van der Waals surface area (Å²) in [5.74, 6) is -1.45. The number of carbonyl (C=O) groups is 2. The van der Waals surface area contributed by atoms with E-state index in [-0.39, 0.29) is 5.75 Å². The van der Waals surface area contributed by atoms with Crippen molar-refractivity contribution in [2.24, 2.45) is 0 Å². The van der Waals surface area contributed by atoms with E-state index >= 15 is 0 Å². The summed E-state index contributed by atoms with van der Waals surface area (Å²) in [6.07, 6.45) is 0. The molecule has 1 aromatic rings. The van der Waals surface area contributed by atoms with Gasteiger partial charge in [-0.3, -0.25) is 9.59 Å². The van der Waals surface area contributed by atoms with Crippen molar-refractivity contribution in [3.8, 4) is 5.75 Å². The molecule has 0 aromatic heterocycles. The van der Waals surface area contributed by atoms with Crippen LogP contribution < -0.4 is 5.73 Å². The van der Waals surface area contributed by atoms with Gasteiger partial charge in [0.25, 0.3) is 11.9 Å². The summed E-state index contributed by atoms with van der Waals surface area (Å²) in [7, 11) is 0. The molecule has 16 heavy (non-hydrogen) atoms. The first-order chi connectivity index (χ1) is 7.25. The fourth-order valence-electron chi connectivity index (χ4n) is 0.525. The average Bonchev–Trinajstić information content (AvgIpc) is 2.00. The Hall–Kier alpha value is -2.24. The number of aromatic hydroxyl groups is 1. The van der Waals surface area contributed by atoms with Gasteiger partial charge in [-0.05, 0) is 12.1 Å². The highest BCUT2D eigenvalue weighted by Gasteiger charge is 1.83. The van der Waals surface area contributed by atoms with Crippen LogP contribution in [-0.2, 0) is 9.59 Å². The number of carboxylic acids is 2. The highest BCUT2D eigenvalue weighted by molar-refractivity contribution is 5.63. The van der Waals surface area contributed by atoms with Crippen molar-refractivity contribution >= 4 is 17.6 Å². The van der Waals surface area contributed by atoms with Gasteiger partial charge in [-0.1, -0.05) is 6.07 Å². The fourth-order valence-corrected chi connectivity index (χ4v) is 0.525. The SMILES string of the molecule is CC(=O)O.CC(=O)O.Nc1cccc(O)c1. The van der Waals surface area contributed by atoms with Gasteiger partial charge in [0.15, 0.2) is 0 Å². The summed E-state index contributed by atoms with van der Waals surface area (Å²) in [6.45, 7) is 2.17. The molecule has 0 saturated carbocycles. The standard InChI is InChI=1S/C6H7NO.2C2H4O2/c7-5-2-1-3-6(8)4-5;2*1-2(3)4/h1-4,8H,7H2;2*1H3,(H,3,4). The third kappa shape index (κ3) is 22.6. The molecule has 0 heterocycles. The number of phenolic OH excluding ortho intramolecular Hbond substituents is 1. The van der Waals surface area contributed by atoms with Gasteiger partial charge in [-0.2, -0.15) is 0 Å². The van der Waals surface area contributed by atoms with E-state index in [1.165, 1.54) is 6.07 Å². The van der Waals surface area contributed by atoms with Crippen LogP contribution in [0.4, 0.5) is 5.69 Å². The molecular weight excluding hydrogens is 214 g/mol. The number of nitrogens with two attached hydrogens (primary N) is 1. The minimum Gasteiger partial charge on any atom is -0.508 e. The lowest BCUT2D eigenvalue weighted by Crippen LogP contribution is -1.80. The van der Waals surface area contributed by atoms with Gasteiger partial charge in [0, 0.05) is 25.6 Å². The second-order valence-corrected chi connectivity index (χ2v) is 2.63. The van der Waals surface area contributed by atoms with E-state index in [1.54, 1.807) is 18.2 Å². The first-order valence-electron chi connectivity index (χ1n) is 4.19. The number of phenols is 1. The fraction of sp³-hybridized carbons (Fsp3) is 0.200. The number of hydrogen-bond donors (Lipinski definition) is 4. The number of hydrogen-bond acceptors (Lipinski definition) is 4. The topological polar surface area (TPSA) is 121 Å². The molecule has 0 aliphatic rings. The molecule has 0 aliphatic heterocycles. The largest absolute Gasteiger partial charge is 0.508 e. The zero-order chi connectivity index (χ0) is 13.1. The Morgan fingerprint density at radius 1 is 1.12 bits per heavy atom. The van der Waals surface area contributed by atoms with Crippen LogP contribution in [0.2, 0.25) is 0 Å². The molecular formula is C10H15NO5. The normalized spacial score (nSPS) is 7.62. The van der Waals surface area contributed by atoms with Crippen molar-refractivity contribution in [3.63, 3.8) is 0 Å². The number of aliphatic carboxylic acids is 2. The molecule has 0 atom stereocenters. The number of nitrogen functional groups attached to an aromatic ring is 1. The van der Waals surface area contributed by atoms with Gasteiger partial charge in [-0.15, -0.1) is 0 Å². The Morgan fingerprint density at radius 3 is 1.69 bits per heavy atom. The zero-order valence-electron chi connectivity index (χ0n) is 9.04. The Morgan fingerprint density at radius 2 is 1.50 bits per heavy atom. The quantitative estimate of drug-likeness (QED) is 0.495. The molecule has 6 nitrogen and oxygen atoms in total. The third-order valence-electron chi connectivity index (χ3n) is 0.870. The molecule has 0 radical (unpaired) electrons. The van der Waals surface area contributed by atoms with Crippen LogP contribution in [0, 0.1) is 0 Å². The second-order valence-electron chi connectivity index (χ2n) is 2.63. The van der Waals surface area contributed by atoms with Crippen molar-refractivity contribution in [3.05, 3.63) is 24.3 Å². The predicted octanol–water partition coefficient (Wildman–Crippen LogP) is 1.16. The van der Waals surface area contributed by atoms with E-state index in [4.69, 9.17) is 30.6 Å². The Kier molecular flexibility index (Phi) is 9.44. The van der Waals surface area contributed by atoms with Crippen molar-refractivity contribution < 1.29 is 24.9 Å². The van der Waals surface area contributed by atoms with E-state index in [0.717, 1.165) is 13.8 Å². The maximum atomic E-state index is 9.00. The second kappa shape index (κ2) is 9.32. The minimum atomic E-state index is -0.833. The van der Waals surface area contributed by atoms with Gasteiger partial charge in [0.2, 0.25) is 0 Å². The molecule has 0 aliphatic carbocycles. The number of anilines is 1. The van der Waals surface area contributed by atoms with Crippen molar-refractivity contribution in [1.29, 1.82) is 0 Å². The summed E-state index contributed by atoms with van der Waals surface area (Å²) < 4.78 is 0. The number of carboxylic acid groups (broad SMARTS) is 2. The maximum Gasteiger partial charge on any atom is 0.300 e. The van der Waals surface area contributed by atoms with Crippen molar-refractivity contribution in [2.45, 2.75) is 13.8 Å². The Balaban J connectivity index is 0. The smallest absolute Gasteiger partial charge is 0.300 e. The van der Waals surface area contributed by atoms with Gasteiger partial charge in [0.05, 0.1) is 0 Å². The van der Waals surface area contributed by atoms with Crippen LogP contribution >= 0.6 is 0 Å². The van der Waals surface area contributed by atoms with E-state index in [9.17, 15) is 0 Å². The number of benzene rings is 1. The summed E-state index contributed by atoms with van der Waals surface area (Å²) >= 11 is 0. The van der Waals surface area contributed by atoms with Crippen LogP contribution in [0.1, 0.15) is 13.8 Å². The van der Waals surface area contributed by atoms with E-state index in [0.29, 0.717) is 5.69 Å². The first kappa shape index (κ1) is 16.2. The van der Waals surface area contributed by atoms with E-state index < -0.39 is 11.9 Å². The molecule has 0 bridgehead atoms. The van der Waals surface area contributed by atoms with Gasteiger partial charge >= 0.3 is 0 Å². The lowest BCUT2D eigenvalue weighted by Gasteiger charge is -1.90. The molecule has 0 saturated heterocycles. The predicted molar refractivity (Wildman–Crippen MR) is 59.1 cm³/mol. The van der Waals surface area contributed by atoms with Gasteiger partial charge < -0.3 is 21.1 Å². The van der Waals surface area contributed by atoms with E-state index in [2.05, 4.69) is 0 Å². The zero-order valence-corrected chi connectivity index (χ0v) is 9.04. The monoisotopic (exact) mass is 229 g/mol. The molecule has 6 heteroatoms. The summed E-state index contributed by atoms with van der Waals surface area (Å²) in [6, 6.07) is 6.50. The van der Waals surface area contributed by atoms with Crippen molar-refractivity contribution in [1.82, 2.24) is 0 Å². The molecule has 90 valence electrons. The number of rotatable bonds is 0. The third-order valence-corrected chi connectivity index (χ3v) is 0.870. The van der Waals surface area contributed by atoms with Gasteiger partial charge in [0.1, 0.15) is 5.75 Å². The van der Waals surface area contributed by atoms with E-state index in [1.807, 2.05) is 0 Å². The molecule has 0 amide bonds. The van der Waals surface area contributed by atoms with Crippen molar-refractivity contribution in [2.75, 3.05) is 5.73 Å². The minimum absolute atomic E-state index is 0.213. The summed E-state index contributed by atoms with van der Waals surface area (Å²) in [4.78, 5) is 18.0. The molecule has 0 fully saturated rings. The van der Waals surface area contributed by atoms with Crippen LogP contribution in [0.15, 0.2) is 24.3 Å². The highest BCUT2D eigenvalue weighted by Crippen LogP contribution is 2.10. The molecule has 1 aromatic carbocycles. The van der Waals surface area contributed by atoms with Crippen LogP contribution in [0.3, 0.4) is 0 Å². The van der Waals surface area contributed by atoms with Crippen LogP contribution in [0.25, 0.3) is 0 Å². The van der Waals surface area contributed by atoms with Crippen LogP contribution in [0.5, 0.6) is 5.75 Å². The van der Waals surface area contributed by atoms with Gasteiger partial charge in [-0.25, -0.2) is 0 Å². The first-order valence-corrected chi connectivity index (χ1v) is 4.19. The summed E-state index contributed by atoms with van der Waals surface area (Å²) in [5, 5.41) is 23.6. The van der Waals surface area contributed by atoms with Crippen LogP contribution in [-0.4, -0.2) is 27.3 Å².